The Labute approximate surface area is 218 Å². The second-order valence-corrected chi connectivity index (χ2v) is 11.9. The third kappa shape index (κ3) is 6.25. The number of fused-ring (bicyclic) bond motifs is 1. The highest BCUT2D eigenvalue weighted by molar-refractivity contribution is 8.00. The lowest BCUT2D eigenvalue weighted by Gasteiger charge is -2.25. The Morgan fingerprint density at radius 3 is 2.62 bits per heavy atom. The number of thioether (sulfide) groups is 1. The molecule has 1 saturated heterocycles. The van der Waals surface area contributed by atoms with Crippen LogP contribution in [0.5, 0.6) is 5.75 Å². The van der Waals surface area contributed by atoms with Crippen molar-refractivity contribution in [2.75, 3.05) is 12.3 Å². The zero-order valence-electron chi connectivity index (χ0n) is 20.5. The van der Waals surface area contributed by atoms with Crippen molar-refractivity contribution in [3.05, 3.63) is 48.9 Å². The molecule has 6 atom stereocenters. The van der Waals surface area contributed by atoms with Crippen LogP contribution in [0.25, 0.3) is 11.0 Å². The number of rotatable bonds is 10. The smallest absolute Gasteiger partial charge is 0.459 e. The van der Waals surface area contributed by atoms with Crippen LogP contribution >= 0.6 is 19.5 Å². The zero-order chi connectivity index (χ0) is 26.7. The first-order valence-corrected chi connectivity index (χ1v) is 14.1. The number of anilines is 1. The van der Waals surface area contributed by atoms with Gasteiger partial charge in [0.1, 0.15) is 41.1 Å². The Hall–Kier alpha value is -2.67. The maximum Gasteiger partial charge on any atom is 0.459 e. The van der Waals surface area contributed by atoms with E-state index >= 15 is 0 Å². The maximum atomic E-state index is 13.7. The number of nitrogens with two attached hydrogens (primary N) is 1. The van der Waals surface area contributed by atoms with Crippen LogP contribution in [-0.4, -0.2) is 66.9 Å². The van der Waals surface area contributed by atoms with Gasteiger partial charge < -0.3 is 29.8 Å². The van der Waals surface area contributed by atoms with Gasteiger partial charge in [0.05, 0.1) is 29.5 Å². The predicted octanol–water partition coefficient (Wildman–Crippen LogP) is 2.48. The molecule has 0 bridgehead atoms. The number of aromatic nitrogens is 3. The Morgan fingerprint density at radius 1 is 1.19 bits per heavy atom. The highest BCUT2D eigenvalue weighted by Gasteiger charge is 2.45. The standard InChI is InChI=1S/C23H30N5O7PS/c1-13(2)34-23(31)14(3)27-36(32,35-15-7-5-4-6-8-15)33-11-17-18(29)19(30)22(37-17)28-10-9-16-20(24)25-12-26-21(16)28/h4-10,12-14,17-19,22,29-30H,11H2,1-3H3,(H,27,32)(H2,24,25,26)/t14-,17+,18+,19+,22+,36-/m0/s1. The lowest BCUT2D eigenvalue weighted by Crippen LogP contribution is -2.37. The van der Waals surface area contributed by atoms with Gasteiger partial charge in [0.25, 0.3) is 0 Å². The van der Waals surface area contributed by atoms with Crippen molar-refractivity contribution in [1.82, 2.24) is 19.6 Å². The Balaban J connectivity index is 1.50. The Morgan fingerprint density at radius 2 is 1.92 bits per heavy atom. The number of carbonyl (C=O) groups is 1. The molecule has 1 fully saturated rings. The van der Waals surface area contributed by atoms with Crippen LogP contribution in [0.1, 0.15) is 26.1 Å². The summed E-state index contributed by atoms with van der Waals surface area (Å²) in [7, 11) is -4.12. The van der Waals surface area contributed by atoms with E-state index in [0.717, 1.165) is 0 Å². The average molecular weight is 552 g/mol. The molecule has 0 spiro atoms. The highest BCUT2D eigenvalue weighted by atomic mass is 32.2. The van der Waals surface area contributed by atoms with Crippen LogP contribution in [-0.2, 0) is 18.6 Å². The lowest BCUT2D eigenvalue weighted by molar-refractivity contribution is -0.149. The molecule has 3 aromatic rings. The molecule has 3 heterocycles. The van der Waals surface area contributed by atoms with Crippen molar-refractivity contribution >= 4 is 42.3 Å². The van der Waals surface area contributed by atoms with E-state index in [2.05, 4.69) is 15.1 Å². The molecule has 14 heteroatoms. The number of aliphatic hydroxyl groups excluding tert-OH is 2. The number of ether oxygens (including phenoxy) is 1. The molecular weight excluding hydrogens is 521 g/mol. The molecule has 1 aliphatic heterocycles. The molecule has 12 nitrogen and oxygen atoms in total. The van der Waals surface area contributed by atoms with Gasteiger partial charge in [-0.15, -0.1) is 11.8 Å². The fourth-order valence-corrected chi connectivity index (χ4v) is 6.87. The minimum absolute atomic E-state index is 0.251. The van der Waals surface area contributed by atoms with E-state index in [1.165, 1.54) is 25.0 Å². The largest absolute Gasteiger partial charge is 0.462 e. The van der Waals surface area contributed by atoms with E-state index in [1.807, 2.05) is 0 Å². The third-order valence-electron chi connectivity index (χ3n) is 5.59. The topological polar surface area (TPSA) is 171 Å². The number of hydrogen-bond donors (Lipinski definition) is 4. The number of para-hydroxylation sites is 1. The van der Waals surface area contributed by atoms with Crippen LogP contribution < -0.4 is 15.3 Å². The number of hydrogen-bond acceptors (Lipinski definition) is 11. The normalized spacial score (nSPS) is 24.2. The zero-order valence-corrected chi connectivity index (χ0v) is 22.2. The molecule has 0 unspecified atom stereocenters. The minimum Gasteiger partial charge on any atom is -0.462 e. The molecule has 0 amide bonds. The van der Waals surface area contributed by atoms with Crippen molar-refractivity contribution in [3.63, 3.8) is 0 Å². The van der Waals surface area contributed by atoms with Gasteiger partial charge in [-0.2, -0.15) is 5.09 Å². The van der Waals surface area contributed by atoms with Crippen LogP contribution in [0.2, 0.25) is 0 Å². The van der Waals surface area contributed by atoms with Crippen molar-refractivity contribution in [2.24, 2.45) is 0 Å². The summed E-state index contributed by atoms with van der Waals surface area (Å²) in [6, 6.07) is 9.09. The van der Waals surface area contributed by atoms with Crippen molar-refractivity contribution < 1.29 is 33.4 Å². The number of carbonyl (C=O) groups excluding carboxylic acids is 1. The number of nitrogens with one attached hydrogen (secondary N) is 1. The fourth-order valence-electron chi connectivity index (χ4n) is 3.80. The molecule has 0 saturated carbocycles. The van der Waals surface area contributed by atoms with Crippen LogP contribution in [0.4, 0.5) is 5.82 Å². The monoisotopic (exact) mass is 551 g/mol. The first kappa shape index (κ1) is 27.4. The number of esters is 1. The van der Waals surface area contributed by atoms with Crippen LogP contribution in [0, 0.1) is 0 Å². The van der Waals surface area contributed by atoms with Crippen molar-refractivity contribution in [1.29, 1.82) is 0 Å². The van der Waals surface area contributed by atoms with Gasteiger partial charge in [0.2, 0.25) is 0 Å². The predicted molar refractivity (Wildman–Crippen MR) is 139 cm³/mol. The lowest BCUT2D eigenvalue weighted by atomic mass is 10.1. The fraction of sp³-hybridized carbons (Fsp3) is 0.435. The molecule has 37 heavy (non-hydrogen) atoms. The number of nitrogens with zero attached hydrogens (tertiary/aromatic N) is 3. The number of aliphatic hydroxyl groups is 2. The molecule has 0 aliphatic carbocycles. The van der Waals surface area contributed by atoms with Crippen LogP contribution in [0.3, 0.4) is 0 Å². The number of nitrogen functional groups attached to an aromatic ring is 1. The molecule has 1 aromatic carbocycles. The summed E-state index contributed by atoms with van der Waals surface area (Å²) in [5.41, 5.74) is 6.43. The molecular formula is C23H30N5O7PS. The average Bonchev–Trinajstić information content (AvgIpc) is 3.40. The summed E-state index contributed by atoms with van der Waals surface area (Å²) in [4.78, 5) is 20.5. The van der Waals surface area contributed by atoms with E-state index in [-0.39, 0.29) is 18.5 Å². The van der Waals surface area contributed by atoms with E-state index in [4.69, 9.17) is 19.5 Å². The van der Waals surface area contributed by atoms with E-state index in [1.54, 1.807) is 61.0 Å². The third-order valence-corrected chi connectivity index (χ3v) is 8.78. The second kappa shape index (κ2) is 11.4. The van der Waals surface area contributed by atoms with Gasteiger partial charge in [0.15, 0.2) is 0 Å². The number of benzene rings is 1. The summed E-state index contributed by atoms with van der Waals surface area (Å²) >= 11 is 1.23. The Kier molecular flexibility index (Phi) is 8.42. The van der Waals surface area contributed by atoms with E-state index in [0.29, 0.717) is 16.9 Å². The van der Waals surface area contributed by atoms with Gasteiger partial charge in [-0.05, 0) is 39.0 Å². The molecule has 0 radical (unpaired) electrons. The van der Waals surface area contributed by atoms with Gasteiger partial charge in [-0.3, -0.25) is 9.32 Å². The van der Waals surface area contributed by atoms with E-state index in [9.17, 15) is 19.6 Å². The first-order chi connectivity index (χ1) is 17.6. The van der Waals surface area contributed by atoms with E-state index < -0.39 is 42.6 Å². The first-order valence-electron chi connectivity index (χ1n) is 11.6. The molecule has 2 aromatic heterocycles. The summed E-state index contributed by atoms with van der Waals surface area (Å²) in [5.74, 6) is -0.0600. The molecule has 5 N–H and O–H groups in total. The molecule has 1 aliphatic rings. The maximum absolute atomic E-state index is 13.7. The van der Waals surface area contributed by atoms with Crippen molar-refractivity contribution in [3.8, 4) is 5.75 Å². The summed E-state index contributed by atoms with van der Waals surface area (Å²) in [5, 5.41) is 23.5. The molecule has 4 rings (SSSR count). The summed E-state index contributed by atoms with van der Waals surface area (Å²) < 4.78 is 31.9. The minimum atomic E-state index is -4.12. The van der Waals surface area contributed by atoms with Crippen LogP contribution in [0.15, 0.2) is 48.9 Å². The van der Waals surface area contributed by atoms with Gasteiger partial charge >= 0.3 is 13.7 Å². The van der Waals surface area contributed by atoms with Gasteiger partial charge in [0, 0.05) is 6.20 Å². The second-order valence-electron chi connectivity index (χ2n) is 8.80. The SMILES string of the molecule is CC(C)OC(=O)[C@H](C)N[P@](=O)(OC[C@H]1S[C@@H](n2ccc3c(N)ncnc32)[C@H](O)[C@@H]1O)Oc1ccccc1. The van der Waals surface area contributed by atoms with Crippen molar-refractivity contribution in [2.45, 2.75) is 55.7 Å². The Bertz CT molecular complexity index is 1280. The van der Waals surface area contributed by atoms with Gasteiger partial charge in [-0.25, -0.2) is 14.5 Å². The summed E-state index contributed by atoms with van der Waals surface area (Å²) in [6.07, 6.45) is 0.291. The quantitative estimate of drug-likeness (QED) is 0.215. The van der Waals surface area contributed by atoms with Gasteiger partial charge in [-0.1, -0.05) is 18.2 Å². The molecule has 200 valence electrons. The summed E-state index contributed by atoms with van der Waals surface area (Å²) in [6.45, 7) is 4.64. The highest BCUT2D eigenvalue weighted by Crippen LogP contribution is 2.49.